The maximum Gasteiger partial charge on any atom is 0.418 e. The number of anilines is 1. The quantitative estimate of drug-likeness (QED) is 0.859. The molecule has 0 fully saturated rings. The highest BCUT2D eigenvalue weighted by Crippen LogP contribution is 2.35. The van der Waals surface area contributed by atoms with Gasteiger partial charge in [-0.05, 0) is 25.1 Å². The van der Waals surface area contributed by atoms with Crippen molar-refractivity contribution in [1.82, 2.24) is 0 Å². The van der Waals surface area contributed by atoms with Gasteiger partial charge >= 0.3 is 6.18 Å². The fourth-order valence-corrected chi connectivity index (χ4v) is 1.74. The molecule has 0 aliphatic heterocycles. The third-order valence-corrected chi connectivity index (χ3v) is 3.22. The van der Waals surface area contributed by atoms with Crippen molar-refractivity contribution in [3.63, 3.8) is 0 Å². The van der Waals surface area contributed by atoms with Gasteiger partial charge in [-0.3, -0.25) is 4.72 Å². The van der Waals surface area contributed by atoms with Gasteiger partial charge in [0.15, 0.2) is 0 Å². The van der Waals surface area contributed by atoms with Crippen LogP contribution < -0.4 is 4.72 Å². The first-order valence-electron chi connectivity index (χ1n) is 4.53. The van der Waals surface area contributed by atoms with Gasteiger partial charge < -0.3 is 0 Å². The van der Waals surface area contributed by atoms with Gasteiger partial charge in [-0.2, -0.15) is 13.2 Å². The Morgan fingerprint density at radius 1 is 1.29 bits per heavy atom. The van der Waals surface area contributed by atoms with Crippen LogP contribution >= 0.6 is 0 Å². The van der Waals surface area contributed by atoms with Crippen molar-refractivity contribution < 1.29 is 26.0 Å². The van der Waals surface area contributed by atoms with E-state index in [4.69, 9.17) is 0 Å². The molecule has 0 aliphatic carbocycles. The lowest BCUT2D eigenvalue weighted by molar-refractivity contribution is -0.137. The van der Waals surface area contributed by atoms with Gasteiger partial charge in [-0.1, -0.05) is 0 Å². The van der Waals surface area contributed by atoms with E-state index in [2.05, 4.69) is 0 Å². The van der Waals surface area contributed by atoms with E-state index in [-0.39, 0.29) is 11.8 Å². The molecule has 3 nitrogen and oxygen atoms in total. The van der Waals surface area contributed by atoms with Crippen molar-refractivity contribution in [2.75, 3.05) is 10.5 Å². The third kappa shape index (κ3) is 3.58. The molecule has 0 aromatic heterocycles. The molecule has 0 saturated carbocycles. The van der Waals surface area contributed by atoms with Gasteiger partial charge in [0.2, 0.25) is 10.0 Å². The second-order valence-electron chi connectivity index (χ2n) is 3.19. The fourth-order valence-electron chi connectivity index (χ4n) is 1.08. The highest BCUT2D eigenvalue weighted by molar-refractivity contribution is 7.92. The molecule has 0 spiro atoms. The number of hydrogen-bond donors (Lipinski definition) is 1. The maximum atomic E-state index is 12.7. The van der Waals surface area contributed by atoms with Crippen molar-refractivity contribution in [3.8, 4) is 0 Å². The molecule has 0 radical (unpaired) electrons. The minimum absolute atomic E-state index is 0.244. The Morgan fingerprint density at radius 3 is 2.35 bits per heavy atom. The van der Waals surface area contributed by atoms with Crippen LogP contribution in [0, 0.1) is 5.82 Å². The molecule has 1 aromatic carbocycles. The zero-order valence-corrected chi connectivity index (χ0v) is 9.49. The second kappa shape index (κ2) is 4.52. The summed E-state index contributed by atoms with van der Waals surface area (Å²) in [5, 5.41) is 0. The number of halogens is 4. The van der Waals surface area contributed by atoms with Crippen LogP contribution in [0.3, 0.4) is 0 Å². The molecule has 1 rings (SSSR count). The summed E-state index contributed by atoms with van der Waals surface area (Å²) < 4.78 is 74.3. The molecule has 0 saturated heterocycles. The van der Waals surface area contributed by atoms with Crippen molar-refractivity contribution in [2.45, 2.75) is 13.1 Å². The number of sulfonamides is 1. The molecule has 0 heterocycles. The molecule has 0 bridgehead atoms. The molecule has 96 valence electrons. The van der Waals surface area contributed by atoms with Gasteiger partial charge in [-0.25, -0.2) is 12.8 Å². The van der Waals surface area contributed by atoms with E-state index in [1.807, 2.05) is 0 Å². The Bertz CT molecular complexity index is 510. The van der Waals surface area contributed by atoms with Gasteiger partial charge in [0.1, 0.15) is 5.82 Å². The van der Waals surface area contributed by atoms with E-state index in [0.717, 1.165) is 12.1 Å². The summed E-state index contributed by atoms with van der Waals surface area (Å²) in [5.74, 6) is -1.46. The van der Waals surface area contributed by atoms with Crippen LogP contribution in [-0.2, 0) is 16.2 Å². The van der Waals surface area contributed by atoms with E-state index in [1.165, 1.54) is 6.92 Å². The molecular weight excluding hydrogens is 262 g/mol. The van der Waals surface area contributed by atoms with Gasteiger partial charge in [0.05, 0.1) is 17.0 Å². The first-order valence-corrected chi connectivity index (χ1v) is 6.18. The molecule has 1 aromatic rings. The molecule has 17 heavy (non-hydrogen) atoms. The zero-order chi connectivity index (χ0) is 13.3. The topological polar surface area (TPSA) is 46.2 Å². The number of hydrogen-bond acceptors (Lipinski definition) is 2. The van der Waals surface area contributed by atoms with Crippen LogP contribution in [0.15, 0.2) is 18.2 Å². The first-order chi connectivity index (χ1) is 7.65. The second-order valence-corrected chi connectivity index (χ2v) is 5.20. The Balaban J connectivity index is 3.26. The van der Waals surface area contributed by atoms with Crippen molar-refractivity contribution in [3.05, 3.63) is 29.6 Å². The monoisotopic (exact) mass is 271 g/mol. The van der Waals surface area contributed by atoms with E-state index in [1.54, 1.807) is 4.72 Å². The first kappa shape index (κ1) is 13.8. The van der Waals surface area contributed by atoms with Gasteiger partial charge in [0.25, 0.3) is 0 Å². The minimum Gasteiger partial charge on any atom is -0.283 e. The number of rotatable bonds is 3. The summed E-state index contributed by atoms with van der Waals surface area (Å²) in [5.41, 5.74) is -2.03. The lowest BCUT2D eigenvalue weighted by Crippen LogP contribution is -2.18. The van der Waals surface area contributed by atoms with E-state index in [0.29, 0.717) is 0 Å². The van der Waals surface area contributed by atoms with E-state index in [9.17, 15) is 26.0 Å². The predicted octanol–water partition coefficient (Wildman–Crippen LogP) is 2.61. The van der Waals surface area contributed by atoms with Crippen LogP contribution in [0.5, 0.6) is 0 Å². The lowest BCUT2D eigenvalue weighted by atomic mass is 10.2. The van der Waals surface area contributed by atoms with Crippen LogP contribution in [0.2, 0.25) is 0 Å². The van der Waals surface area contributed by atoms with Crippen LogP contribution in [-0.4, -0.2) is 14.2 Å². The number of benzene rings is 1. The van der Waals surface area contributed by atoms with Gasteiger partial charge in [-0.15, -0.1) is 0 Å². The summed E-state index contributed by atoms with van der Waals surface area (Å²) >= 11 is 0. The molecule has 0 atom stereocenters. The van der Waals surface area contributed by atoms with Gasteiger partial charge in [0, 0.05) is 0 Å². The summed E-state index contributed by atoms with van der Waals surface area (Å²) in [6.07, 6.45) is -4.83. The zero-order valence-electron chi connectivity index (χ0n) is 8.68. The molecule has 1 N–H and O–H groups in total. The third-order valence-electron chi connectivity index (χ3n) is 1.93. The number of alkyl halides is 3. The van der Waals surface area contributed by atoms with Crippen LogP contribution in [0.4, 0.5) is 23.2 Å². The highest BCUT2D eigenvalue weighted by Gasteiger charge is 2.34. The molecular formula is C9H9F4NO2S. The molecule has 8 heteroatoms. The summed E-state index contributed by atoms with van der Waals surface area (Å²) in [6, 6.07) is 1.74. The largest absolute Gasteiger partial charge is 0.418 e. The Kier molecular flexibility index (Phi) is 3.65. The SMILES string of the molecule is CCS(=O)(=O)Nc1ccc(F)cc1C(F)(F)F. The average molecular weight is 271 g/mol. The summed E-state index contributed by atoms with van der Waals surface area (Å²) in [4.78, 5) is 0. The standard InChI is InChI=1S/C9H9F4NO2S/c1-2-17(15,16)14-8-4-3-6(10)5-7(8)9(11,12)13/h3-5,14H,2H2,1H3. The van der Waals surface area contributed by atoms with Crippen molar-refractivity contribution in [1.29, 1.82) is 0 Å². The van der Waals surface area contributed by atoms with Crippen molar-refractivity contribution >= 4 is 15.7 Å². The lowest BCUT2D eigenvalue weighted by Gasteiger charge is -2.14. The smallest absolute Gasteiger partial charge is 0.283 e. The van der Waals surface area contributed by atoms with E-state index < -0.39 is 33.3 Å². The maximum absolute atomic E-state index is 12.7. The summed E-state index contributed by atoms with van der Waals surface area (Å²) in [6.45, 7) is 1.28. The van der Waals surface area contributed by atoms with Crippen LogP contribution in [0.1, 0.15) is 12.5 Å². The number of nitrogens with one attached hydrogen (secondary N) is 1. The Labute approximate surface area is 95.5 Å². The fraction of sp³-hybridized carbons (Fsp3) is 0.333. The molecule has 0 aliphatic rings. The minimum atomic E-state index is -4.83. The Morgan fingerprint density at radius 2 is 1.88 bits per heavy atom. The molecule has 0 amide bonds. The normalized spacial score (nSPS) is 12.5. The Hall–Kier alpha value is -1.31. The van der Waals surface area contributed by atoms with Crippen LogP contribution in [0.25, 0.3) is 0 Å². The van der Waals surface area contributed by atoms with Crippen molar-refractivity contribution in [2.24, 2.45) is 0 Å². The molecule has 0 unspecified atom stereocenters. The van der Waals surface area contributed by atoms with E-state index >= 15 is 0 Å². The average Bonchev–Trinajstić information content (AvgIpc) is 2.19. The summed E-state index contributed by atoms with van der Waals surface area (Å²) in [7, 11) is -3.84. The highest BCUT2D eigenvalue weighted by atomic mass is 32.2. The predicted molar refractivity (Wildman–Crippen MR) is 54.5 cm³/mol.